The molecule has 1 saturated carbocycles. The number of aryl methyl sites for hydroxylation is 1. The van der Waals surface area contributed by atoms with Crippen molar-refractivity contribution < 1.29 is 18.8 Å². The van der Waals surface area contributed by atoms with E-state index in [4.69, 9.17) is 14.0 Å². The number of hydrogen-bond donors (Lipinski definition) is 1. The smallest absolute Gasteiger partial charge is 0.225 e. The topological polar surface area (TPSA) is 86.5 Å². The standard InChI is InChI=1S/C18H23N3O4/c1-12-19-17(21-25-12)18(8-4-5-9-18)20-16(22)11-13-10-14(23-2)6-7-15(13)24-3/h6-7,10H,4-5,8-9,11H2,1-3H3,(H,20,22). The van der Waals surface area contributed by atoms with Crippen LogP contribution in [-0.4, -0.2) is 30.3 Å². The second kappa shape index (κ2) is 7.13. The fourth-order valence-electron chi connectivity index (χ4n) is 3.38. The number of nitrogens with zero attached hydrogens (tertiary/aromatic N) is 2. The second-order valence-electron chi connectivity index (χ2n) is 6.33. The van der Waals surface area contributed by atoms with E-state index in [1.54, 1.807) is 33.3 Å². The van der Waals surface area contributed by atoms with Crippen LogP contribution in [0.4, 0.5) is 0 Å². The van der Waals surface area contributed by atoms with Gasteiger partial charge in [0, 0.05) is 12.5 Å². The van der Waals surface area contributed by atoms with Gasteiger partial charge in [-0.05, 0) is 31.0 Å². The third-order valence-electron chi connectivity index (χ3n) is 4.63. The monoisotopic (exact) mass is 345 g/mol. The molecular formula is C18H23N3O4. The van der Waals surface area contributed by atoms with Gasteiger partial charge < -0.3 is 19.3 Å². The highest BCUT2D eigenvalue weighted by molar-refractivity contribution is 5.80. The van der Waals surface area contributed by atoms with Crippen LogP contribution in [0, 0.1) is 6.92 Å². The van der Waals surface area contributed by atoms with Gasteiger partial charge in [-0.3, -0.25) is 4.79 Å². The van der Waals surface area contributed by atoms with Crippen LogP contribution >= 0.6 is 0 Å². The molecule has 1 aliphatic rings. The zero-order chi connectivity index (χ0) is 17.9. The number of amides is 1. The first-order valence-electron chi connectivity index (χ1n) is 8.39. The van der Waals surface area contributed by atoms with Crippen molar-refractivity contribution in [1.29, 1.82) is 0 Å². The second-order valence-corrected chi connectivity index (χ2v) is 6.33. The summed E-state index contributed by atoms with van der Waals surface area (Å²) in [5.41, 5.74) is 0.234. The van der Waals surface area contributed by atoms with Crippen LogP contribution in [-0.2, 0) is 16.8 Å². The van der Waals surface area contributed by atoms with E-state index in [1.807, 2.05) is 6.07 Å². The van der Waals surface area contributed by atoms with Crippen LogP contribution < -0.4 is 14.8 Å². The molecule has 0 radical (unpaired) electrons. The quantitative estimate of drug-likeness (QED) is 0.866. The largest absolute Gasteiger partial charge is 0.497 e. The molecule has 1 aromatic heterocycles. The third-order valence-corrected chi connectivity index (χ3v) is 4.63. The van der Waals surface area contributed by atoms with E-state index in [0.29, 0.717) is 23.2 Å². The normalized spacial score (nSPS) is 15.8. The molecule has 1 fully saturated rings. The Hall–Kier alpha value is -2.57. The molecule has 7 nitrogen and oxygen atoms in total. The molecule has 0 bridgehead atoms. The van der Waals surface area contributed by atoms with Crippen molar-refractivity contribution in [2.75, 3.05) is 14.2 Å². The Morgan fingerprint density at radius 3 is 2.64 bits per heavy atom. The molecule has 25 heavy (non-hydrogen) atoms. The molecular weight excluding hydrogens is 322 g/mol. The van der Waals surface area contributed by atoms with Crippen molar-refractivity contribution in [3.05, 3.63) is 35.5 Å². The molecule has 0 atom stereocenters. The number of benzene rings is 1. The summed E-state index contributed by atoms with van der Waals surface area (Å²) < 4.78 is 15.7. The van der Waals surface area contributed by atoms with Crippen LogP contribution in [0.5, 0.6) is 11.5 Å². The average molecular weight is 345 g/mol. The van der Waals surface area contributed by atoms with Gasteiger partial charge in [0.1, 0.15) is 17.0 Å². The maximum absolute atomic E-state index is 12.7. The van der Waals surface area contributed by atoms with Crippen molar-refractivity contribution in [2.24, 2.45) is 0 Å². The number of rotatable bonds is 6. The third kappa shape index (κ3) is 3.60. The number of carbonyl (C=O) groups is 1. The Morgan fingerprint density at radius 1 is 1.28 bits per heavy atom. The van der Waals surface area contributed by atoms with Gasteiger partial charge in [-0.1, -0.05) is 18.0 Å². The minimum absolute atomic E-state index is 0.101. The van der Waals surface area contributed by atoms with Crippen molar-refractivity contribution >= 4 is 5.91 Å². The molecule has 0 unspecified atom stereocenters. The molecule has 1 aliphatic carbocycles. The first-order valence-corrected chi connectivity index (χ1v) is 8.39. The minimum Gasteiger partial charge on any atom is -0.497 e. The maximum Gasteiger partial charge on any atom is 0.225 e. The summed E-state index contributed by atoms with van der Waals surface area (Å²) in [5.74, 6) is 2.31. The molecule has 0 saturated heterocycles. The Kier molecular flexibility index (Phi) is 4.92. The van der Waals surface area contributed by atoms with Crippen LogP contribution in [0.15, 0.2) is 22.7 Å². The number of carbonyl (C=O) groups excluding carboxylic acids is 1. The first kappa shape index (κ1) is 17.3. The zero-order valence-electron chi connectivity index (χ0n) is 14.8. The number of aromatic nitrogens is 2. The Morgan fingerprint density at radius 2 is 2.04 bits per heavy atom. The van der Waals surface area contributed by atoms with Gasteiger partial charge in [-0.2, -0.15) is 4.98 Å². The van der Waals surface area contributed by atoms with Crippen LogP contribution in [0.25, 0.3) is 0 Å². The van der Waals surface area contributed by atoms with E-state index in [2.05, 4.69) is 15.5 Å². The maximum atomic E-state index is 12.7. The van der Waals surface area contributed by atoms with Gasteiger partial charge in [0.25, 0.3) is 0 Å². The number of nitrogens with one attached hydrogen (secondary N) is 1. The molecule has 1 aromatic carbocycles. The highest BCUT2D eigenvalue weighted by atomic mass is 16.5. The van der Waals surface area contributed by atoms with Gasteiger partial charge in [-0.15, -0.1) is 0 Å². The van der Waals surface area contributed by atoms with E-state index in [9.17, 15) is 4.79 Å². The lowest BCUT2D eigenvalue weighted by atomic mass is 9.96. The molecule has 0 aliphatic heterocycles. The van der Waals surface area contributed by atoms with Gasteiger partial charge in [0.2, 0.25) is 11.8 Å². The summed E-state index contributed by atoms with van der Waals surface area (Å²) in [6, 6.07) is 5.42. The highest BCUT2D eigenvalue weighted by Gasteiger charge is 2.41. The summed E-state index contributed by atoms with van der Waals surface area (Å²) in [4.78, 5) is 17.1. The SMILES string of the molecule is COc1ccc(OC)c(CC(=O)NC2(c3noc(C)n3)CCCC2)c1. The van der Waals surface area contributed by atoms with Crippen LogP contribution in [0.2, 0.25) is 0 Å². The molecule has 2 aromatic rings. The zero-order valence-corrected chi connectivity index (χ0v) is 14.8. The fraction of sp³-hybridized carbons (Fsp3) is 0.500. The van der Waals surface area contributed by atoms with E-state index < -0.39 is 5.54 Å². The lowest BCUT2D eigenvalue weighted by molar-refractivity contribution is -0.122. The highest BCUT2D eigenvalue weighted by Crippen LogP contribution is 2.37. The minimum atomic E-state index is -0.541. The van der Waals surface area contributed by atoms with Crippen molar-refractivity contribution in [2.45, 2.75) is 44.6 Å². The molecule has 3 rings (SSSR count). The molecule has 1 amide bonds. The Bertz CT molecular complexity index is 751. The van der Waals surface area contributed by atoms with Crippen molar-refractivity contribution in [1.82, 2.24) is 15.5 Å². The number of ether oxygens (including phenoxy) is 2. The predicted octanol–water partition coefficient (Wildman–Crippen LogP) is 2.52. The average Bonchev–Trinajstić information content (AvgIpc) is 3.24. The van der Waals surface area contributed by atoms with Crippen LogP contribution in [0.3, 0.4) is 0 Å². The molecule has 134 valence electrons. The van der Waals surface area contributed by atoms with Gasteiger partial charge in [0.15, 0.2) is 5.82 Å². The summed E-state index contributed by atoms with van der Waals surface area (Å²) in [5, 5.41) is 7.18. The molecule has 1 heterocycles. The summed E-state index contributed by atoms with van der Waals surface area (Å²) >= 11 is 0. The molecule has 1 N–H and O–H groups in total. The van der Waals surface area contributed by atoms with E-state index in [1.165, 1.54) is 0 Å². The number of hydrogen-bond acceptors (Lipinski definition) is 6. The first-order chi connectivity index (χ1) is 12.1. The van der Waals surface area contributed by atoms with E-state index >= 15 is 0 Å². The van der Waals surface area contributed by atoms with E-state index in [0.717, 1.165) is 31.2 Å². The number of methoxy groups -OCH3 is 2. The van der Waals surface area contributed by atoms with Gasteiger partial charge in [0.05, 0.1) is 20.6 Å². The van der Waals surface area contributed by atoms with Gasteiger partial charge >= 0.3 is 0 Å². The predicted molar refractivity (Wildman–Crippen MR) is 90.6 cm³/mol. The summed E-state index contributed by atoms with van der Waals surface area (Å²) in [6.45, 7) is 1.75. The van der Waals surface area contributed by atoms with E-state index in [-0.39, 0.29) is 12.3 Å². The van der Waals surface area contributed by atoms with Crippen molar-refractivity contribution in [3.63, 3.8) is 0 Å². The van der Waals surface area contributed by atoms with Crippen LogP contribution in [0.1, 0.15) is 43.0 Å². The molecule has 0 spiro atoms. The van der Waals surface area contributed by atoms with Gasteiger partial charge in [-0.25, -0.2) is 0 Å². The lowest BCUT2D eigenvalue weighted by Crippen LogP contribution is -2.45. The van der Waals surface area contributed by atoms with Crippen molar-refractivity contribution in [3.8, 4) is 11.5 Å². The molecule has 7 heteroatoms. The summed E-state index contributed by atoms with van der Waals surface area (Å²) in [7, 11) is 3.18. The Balaban J connectivity index is 1.79. The Labute approximate surface area is 146 Å². The summed E-state index contributed by atoms with van der Waals surface area (Å²) in [6.07, 6.45) is 3.87. The lowest BCUT2D eigenvalue weighted by Gasteiger charge is -2.27. The fourth-order valence-corrected chi connectivity index (χ4v) is 3.38.